The molecule has 0 spiro atoms. The molecular weight excluding hydrogens is 270 g/mol. The van der Waals surface area contributed by atoms with Crippen LogP contribution in [-0.2, 0) is 6.54 Å². The Labute approximate surface area is 102 Å². The number of aryl methyl sites for hydroxylation is 2. The molecule has 2 heterocycles. The van der Waals surface area contributed by atoms with Gasteiger partial charge in [0.05, 0.1) is 16.7 Å². The molecule has 0 aromatic carbocycles. The van der Waals surface area contributed by atoms with Crippen LogP contribution in [0.3, 0.4) is 0 Å². The molecule has 0 aliphatic carbocycles. The third-order valence-corrected chi connectivity index (χ3v) is 2.62. The highest BCUT2D eigenvalue weighted by molar-refractivity contribution is 9.10. The van der Waals surface area contributed by atoms with E-state index in [1.165, 1.54) is 0 Å². The first kappa shape index (κ1) is 11.1. The van der Waals surface area contributed by atoms with Crippen molar-refractivity contribution in [2.24, 2.45) is 0 Å². The van der Waals surface area contributed by atoms with Crippen molar-refractivity contribution in [3.05, 3.63) is 34.1 Å². The van der Waals surface area contributed by atoms with E-state index in [1.54, 1.807) is 12.4 Å². The smallest absolute Gasteiger partial charge is 0.223 e. The summed E-state index contributed by atoms with van der Waals surface area (Å²) in [5, 5.41) is 3.09. The molecule has 84 valence electrons. The van der Waals surface area contributed by atoms with Crippen LogP contribution in [0.25, 0.3) is 0 Å². The molecule has 2 rings (SSSR count). The van der Waals surface area contributed by atoms with Crippen molar-refractivity contribution < 1.29 is 0 Å². The predicted molar refractivity (Wildman–Crippen MR) is 65.1 cm³/mol. The zero-order valence-corrected chi connectivity index (χ0v) is 10.7. The van der Waals surface area contributed by atoms with Crippen molar-refractivity contribution in [3.8, 4) is 0 Å². The Hall–Kier alpha value is -1.43. The number of aromatic nitrogens is 4. The SMILES string of the molecule is Cc1nc(CNc2ncc(Br)cn2)[nH]c1C. The fourth-order valence-electron chi connectivity index (χ4n) is 1.27. The first-order valence-electron chi connectivity index (χ1n) is 4.88. The second kappa shape index (κ2) is 4.61. The average molecular weight is 282 g/mol. The van der Waals surface area contributed by atoms with Gasteiger partial charge in [-0.25, -0.2) is 15.0 Å². The van der Waals surface area contributed by atoms with Crippen molar-refractivity contribution in [2.75, 3.05) is 5.32 Å². The van der Waals surface area contributed by atoms with Gasteiger partial charge in [0, 0.05) is 18.1 Å². The second-order valence-corrected chi connectivity index (χ2v) is 4.39. The highest BCUT2D eigenvalue weighted by Gasteiger charge is 2.02. The van der Waals surface area contributed by atoms with Crippen LogP contribution >= 0.6 is 15.9 Å². The molecule has 6 heteroatoms. The van der Waals surface area contributed by atoms with E-state index in [9.17, 15) is 0 Å². The van der Waals surface area contributed by atoms with Gasteiger partial charge in [0.1, 0.15) is 5.82 Å². The molecular formula is C10H12BrN5. The molecule has 0 saturated carbocycles. The van der Waals surface area contributed by atoms with Crippen LogP contribution in [-0.4, -0.2) is 19.9 Å². The van der Waals surface area contributed by atoms with E-state index in [4.69, 9.17) is 0 Å². The number of nitrogens with one attached hydrogen (secondary N) is 2. The van der Waals surface area contributed by atoms with Gasteiger partial charge < -0.3 is 10.3 Å². The Balaban J connectivity index is 1.99. The number of rotatable bonds is 3. The fraction of sp³-hybridized carbons (Fsp3) is 0.300. The minimum atomic E-state index is 0.593. The maximum Gasteiger partial charge on any atom is 0.223 e. The average Bonchev–Trinajstić information content (AvgIpc) is 2.58. The number of imidazole rings is 1. The van der Waals surface area contributed by atoms with Crippen LogP contribution in [0, 0.1) is 13.8 Å². The number of aromatic amines is 1. The standard InChI is InChI=1S/C10H12BrN5/c1-6-7(2)16-9(15-6)5-14-10-12-3-8(11)4-13-10/h3-4H,5H2,1-2H3,(H,15,16)(H,12,13,14). The van der Waals surface area contributed by atoms with Crippen LogP contribution in [0.15, 0.2) is 16.9 Å². The molecule has 0 fully saturated rings. The zero-order valence-electron chi connectivity index (χ0n) is 9.08. The lowest BCUT2D eigenvalue weighted by Gasteiger charge is -2.01. The molecule has 0 bridgehead atoms. The summed E-state index contributed by atoms with van der Waals surface area (Å²) in [5.74, 6) is 1.48. The number of hydrogen-bond donors (Lipinski definition) is 2. The van der Waals surface area contributed by atoms with E-state index in [1.807, 2.05) is 13.8 Å². The van der Waals surface area contributed by atoms with Gasteiger partial charge in [-0.15, -0.1) is 0 Å². The number of anilines is 1. The lowest BCUT2D eigenvalue weighted by molar-refractivity contribution is 0.958. The van der Waals surface area contributed by atoms with Crippen LogP contribution < -0.4 is 5.32 Å². The van der Waals surface area contributed by atoms with Crippen LogP contribution in [0.5, 0.6) is 0 Å². The van der Waals surface area contributed by atoms with E-state index in [2.05, 4.69) is 41.2 Å². The number of halogens is 1. The monoisotopic (exact) mass is 281 g/mol. The van der Waals surface area contributed by atoms with Crippen molar-refractivity contribution in [1.29, 1.82) is 0 Å². The lowest BCUT2D eigenvalue weighted by atomic mass is 10.4. The molecule has 2 N–H and O–H groups in total. The van der Waals surface area contributed by atoms with Crippen molar-refractivity contribution in [2.45, 2.75) is 20.4 Å². The molecule has 2 aromatic heterocycles. The molecule has 0 unspecified atom stereocenters. The van der Waals surface area contributed by atoms with Crippen LogP contribution in [0.4, 0.5) is 5.95 Å². The van der Waals surface area contributed by atoms with E-state index >= 15 is 0 Å². The van der Waals surface area contributed by atoms with E-state index < -0.39 is 0 Å². The predicted octanol–water partition coefficient (Wildman–Crippen LogP) is 2.19. The minimum absolute atomic E-state index is 0.593. The van der Waals surface area contributed by atoms with Gasteiger partial charge in [-0.1, -0.05) is 0 Å². The van der Waals surface area contributed by atoms with Crippen LogP contribution in [0.2, 0.25) is 0 Å². The second-order valence-electron chi connectivity index (χ2n) is 3.47. The summed E-state index contributed by atoms with van der Waals surface area (Å²) in [7, 11) is 0. The van der Waals surface area contributed by atoms with Crippen molar-refractivity contribution >= 4 is 21.9 Å². The maximum absolute atomic E-state index is 4.36. The minimum Gasteiger partial charge on any atom is -0.347 e. The molecule has 2 aromatic rings. The van der Waals surface area contributed by atoms with E-state index in [0.29, 0.717) is 12.5 Å². The summed E-state index contributed by atoms with van der Waals surface area (Å²) in [4.78, 5) is 15.8. The summed E-state index contributed by atoms with van der Waals surface area (Å²) in [5.41, 5.74) is 2.11. The van der Waals surface area contributed by atoms with Gasteiger partial charge >= 0.3 is 0 Å². The number of H-pyrrole nitrogens is 1. The summed E-state index contributed by atoms with van der Waals surface area (Å²) in [6, 6.07) is 0. The number of nitrogens with zero attached hydrogens (tertiary/aromatic N) is 3. The van der Waals surface area contributed by atoms with Crippen molar-refractivity contribution in [3.63, 3.8) is 0 Å². The molecule has 0 radical (unpaired) electrons. The Morgan fingerprint density at radius 2 is 2.00 bits per heavy atom. The Morgan fingerprint density at radius 3 is 2.56 bits per heavy atom. The van der Waals surface area contributed by atoms with E-state index in [-0.39, 0.29) is 0 Å². The highest BCUT2D eigenvalue weighted by atomic mass is 79.9. The van der Waals surface area contributed by atoms with Gasteiger partial charge in [-0.2, -0.15) is 0 Å². The zero-order chi connectivity index (χ0) is 11.5. The Kier molecular flexibility index (Phi) is 3.19. The molecule has 0 amide bonds. The van der Waals surface area contributed by atoms with Gasteiger partial charge in [0.2, 0.25) is 5.95 Å². The molecule has 0 aliphatic rings. The number of hydrogen-bond acceptors (Lipinski definition) is 4. The fourth-order valence-corrected chi connectivity index (χ4v) is 1.48. The van der Waals surface area contributed by atoms with Gasteiger partial charge in [0.15, 0.2) is 0 Å². The summed E-state index contributed by atoms with van der Waals surface area (Å²) in [6.07, 6.45) is 3.40. The van der Waals surface area contributed by atoms with Gasteiger partial charge in [-0.05, 0) is 29.8 Å². The topological polar surface area (TPSA) is 66.5 Å². The highest BCUT2D eigenvalue weighted by Crippen LogP contribution is 2.08. The lowest BCUT2D eigenvalue weighted by Crippen LogP contribution is -2.04. The van der Waals surface area contributed by atoms with Gasteiger partial charge in [-0.3, -0.25) is 0 Å². The summed E-state index contributed by atoms with van der Waals surface area (Å²) < 4.78 is 0.864. The third-order valence-electron chi connectivity index (χ3n) is 2.21. The third kappa shape index (κ3) is 2.57. The maximum atomic E-state index is 4.36. The van der Waals surface area contributed by atoms with Gasteiger partial charge in [0.25, 0.3) is 0 Å². The largest absolute Gasteiger partial charge is 0.347 e. The summed E-state index contributed by atoms with van der Waals surface area (Å²) in [6.45, 7) is 4.57. The normalized spacial score (nSPS) is 10.4. The molecule has 0 saturated heterocycles. The molecule has 5 nitrogen and oxygen atoms in total. The van der Waals surface area contributed by atoms with Crippen molar-refractivity contribution in [1.82, 2.24) is 19.9 Å². The van der Waals surface area contributed by atoms with E-state index in [0.717, 1.165) is 21.7 Å². The molecule has 16 heavy (non-hydrogen) atoms. The Morgan fingerprint density at radius 1 is 1.31 bits per heavy atom. The first-order chi connectivity index (χ1) is 7.65. The Bertz CT molecular complexity index is 457. The summed E-state index contributed by atoms with van der Waals surface area (Å²) >= 11 is 3.28. The molecule has 0 atom stereocenters. The first-order valence-corrected chi connectivity index (χ1v) is 5.68. The molecule has 0 aliphatic heterocycles. The van der Waals surface area contributed by atoms with Crippen LogP contribution in [0.1, 0.15) is 17.2 Å². The quantitative estimate of drug-likeness (QED) is 0.905.